The molecule has 0 radical (unpaired) electrons. The van der Waals surface area contributed by atoms with Gasteiger partial charge in [0.25, 0.3) is 0 Å². The Hall–Kier alpha value is 0.0669. The summed E-state index contributed by atoms with van der Waals surface area (Å²) in [6.07, 6.45) is 1.58. The van der Waals surface area contributed by atoms with Crippen LogP contribution in [0.2, 0.25) is 0 Å². The monoisotopic (exact) mass is 176 g/mol. The van der Waals surface area contributed by atoms with Gasteiger partial charge in [-0.05, 0) is 19.5 Å². The largest absolute Gasteiger partial charge is 0.275 e. The van der Waals surface area contributed by atoms with E-state index in [9.17, 15) is 4.39 Å². The zero-order chi connectivity index (χ0) is 8.27. The lowest BCUT2D eigenvalue weighted by Gasteiger charge is -2.45. The van der Waals surface area contributed by atoms with E-state index in [1.54, 1.807) is 0 Å². The van der Waals surface area contributed by atoms with Crippen molar-refractivity contribution in [1.29, 1.82) is 0 Å². The Bertz CT molecular complexity index is 121. The van der Waals surface area contributed by atoms with Crippen LogP contribution in [0, 0.1) is 0 Å². The molecule has 0 aromatic carbocycles. The number of hydrogen-bond donors (Lipinski definition) is 0. The molecule has 0 bridgehead atoms. The molecule has 1 aliphatic heterocycles. The molecule has 11 heavy (non-hydrogen) atoms. The second-order valence-corrected chi connectivity index (χ2v) is 4.93. The van der Waals surface area contributed by atoms with E-state index in [0.29, 0.717) is 0 Å². The third-order valence-electron chi connectivity index (χ3n) is 2.17. The van der Waals surface area contributed by atoms with Gasteiger partial charge >= 0.3 is 0 Å². The molecule has 1 unspecified atom stereocenters. The molecule has 1 aliphatic rings. The van der Waals surface area contributed by atoms with Crippen LogP contribution >= 0.6 is 0 Å². The first kappa shape index (κ1) is 9.16. The number of nitrogens with zero attached hydrogens (tertiary/aromatic N) is 2. The van der Waals surface area contributed by atoms with Gasteiger partial charge in [-0.25, -0.2) is 4.39 Å². The van der Waals surface area contributed by atoms with Crippen LogP contribution in [0.25, 0.3) is 0 Å². The van der Waals surface area contributed by atoms with E-state index >= 15 is 0 Å². The van der Waals surface area contributed by atoms with Crippen LogP contribution in [0.15, 0.2) is 0 Å². The quantitative estimate of drug-likeness (QED) is 0.459. The number of halogens is 1. The molecule has 1 atom stereocenters. The van der Waals surface area contributed by atoms with Crippen LogP contribution in [-0.4, -0.2) is 38.5 Å². The molecule has 0 aromatic heterocycles. The molecule has 1 fully saturated rings. The van der Waals surface area contributed by atoms with Gasteiger partial charge < -0.3 is 0 Å². The minimum atomic E-state index is -0.738. The van der Waals surface area contributed by atoms with Crippen molar-refractivity contribution >= 4 is 9.84 Å². The Morgan fingerprint density at radius 2 is 2.09 bits per heavy atom. The Morgan fingerprint density at radius 3 is 2.55 bits per heavy atom. The highest BCUT2D eigenvalue weighted by Gasteiger charge is 2.34. The fraction of sp³-hybridized carbons (Fsp3) is 1.00. The van der Waals surface area contributed by atoms with Crippen molar-refractivity contribution in [2.24, 2.45) is 0 Å². The average Bonchev–Trinajstić information content (AvgIpc) is 2.03. The Kier molecular flexibility index (Phi) is 3.48. The van der Waals surface area contributed by atoms with Crippen molar-refractivity contribution < 1.29 is 4.39 Å². The zero-order valence-electron chi connectivity index (χ0n) is 7.39. The molecule has 2 nitrogen and oxygen atoms in total. The van der Waals surface area contributed by atoms with Gasteiger partial charge in [0.05, 0.1) is 0 Å². The lowest BCUT2D eigenvalue weighted by atomic mass is 10.3. The van der Waals surface area contributed by atoms with Crippen LogP contribution in [0.5, 0.6) is 0 Å². The highest BCUT2D eigenvalue weighted by atomic mass is 28.2. The Labute approximate surface area is 70.3 Å². The lowest BCUT2D eigenvalue weighted by Crippen LogP contribution is -2.64. The second-order valence-electron chi connectivity index (χ2n) is 3.02. The van der Waals surface area contributed by atoms with Crippen molar-refractivity contribution in [2.75, 3.05) is 13.1 Å². The molecular formula is C7H17FN2Si. The van der Waals surface area contributed by atoms with Gasteiger partial charge in [0, 0.05) is 0 Å². The van der Waals surface area contributed by atoms with Crippen molar-refractivity contribution in [1.82, 2.24) is 9.13 Å². The molecule has 1 heterocycles. The molecule has 0 spiro atoms. The Balaban J connectivity index is 2.11. The third-order valence-corrected chi connectivity index (χ3v) is 4.26. The maximum Gasteiger partial charge on any atom is 0.199 e. The summed E-state index contributed by atoms with van der Waals surface area (Å²) < 4.78 is 17.0. The molecule has 1 saturated heterocycles. The highest BCUT2D eigenvalue weighted by Crippen LogP contribution is 2.17. The van der Waals surface area contributed by atoms with Crippen LogP contribution in [0.4, 0.5) is 4.39 Å². The molecule has 66 valence electrons. The normalized spacial score (nSPS) is 29.2. The smallest absolute Gasteiger partial charge is 0.199 e. The van der Waals surface area contributed by atoms with Crippen LogP contribution in [0.3, 0.4) is 0 Å². The fourth-order valence-corrected chi connectivity index (χ4v) is 2.75. The predicted molar refractivity (Wildman–Crippen MR) is 47.4 cm³/mol. The number of hydrogen-bond acceptors (Lipinski definition) is 2. The first-order valence-electron chi connectivity index (χ1n) is 4.41. The number of alkyl halides is 1. The van der Waals surface area contributed by atoms with Crippen LogP contribution in [-0.2, 0) is 0 Å². The maximum absolute atomic E-state index is 13.1. The third kappa shape index (κ3) is 2.01. The van der Waals surface area contributed by atoms with Gasteiger partial charge in [0.2, 0.25) is 0 Å². The van der Waals surface area contributed by atoms with Gasteiger partial charge in [-0.15, -0.1) is 0 Å². The van der Waals surface area contributed by atoms with Crippen LogP contribution in [0.1, 0.15) is 26.7 Å². The van der Waals surface area contributed by atoms with E-state index in [0.717, 1.165) is 19.5 Å². The summed E-state index contributed by atoms with van der Waals surface area (Å²) >= 11 is 0. The van der Waals surface area contributed by atoms with Gasteiger partial charge in [-0.3, -0.25) is 9.13 Å². The van der Waals surface area contributed by atoms with Crippen LogP contribution < -0.4 is 0 Å². The van der Waals surface area contributed by atoms with E-state index in [4.69, 9.17) is 0 Å². The van der Waals surface area contributed by atoms with Gasteiger partial charge in [0.15, 0.2) is 16.3 Å². The summed E-state index contributed by atoms with van der Waals surface area (Å²) in [4.78, 5) is 0. The van der Waals surface area contributed by atoms with Crippen molar-refractivity contribution in [3.8, 4) is 0 Å². The molecule has 0 amide bonds. The summed E-state index contributed by atoms with van der Waals surface area (Å²) in [5.41, 5.74) is 0. The zero-order valence-corrected chi connectivity index (χ0v) is 8.80. The average molecular weight is 176 g/mol. The molecular weight excluding hydrogens is 159 g/mol. The van der Waals surface area contributed by atoms with E-state index in [1.165, 1.54) is 6.42 Å². The van der Waals surface area contributed by atoms with E-state index in [2.05, 4.69) is 6.92 Å². The van der Waals surface area contributed by atoms with Crippen molar-refractivity contribution in [2.45, 2.75) is 33.1 Å². The maximum atomic E-state index is 13.1. The molecule has 0 aromatic rings. The van der Waals surface area contributed by atoms with Gasteiger partial charge in [0.1, 0.15) is 0 Å². The lowest BCUT2D eigenvalue weighted by molar-refractivity contribution is -0.0140. The van der Waals surface area contributed by atoms with Crippen molar-refractivity contribution in [3.63, 3.8) is 0 Å². The van der Waals surface area contributed by atoms with Crippen molar-refractivity contribution in [3.05, 3.63) is 0 Å². The number of rotatable bonds is 4. The van der Waals surface area contributed by atoms with Gasteiger partial charge in [-0.1, -0.05) is 20.3 Å². The molecule has 1 rings (SSSR count). The summed E-state index contributed by atoms with van der Waals surface area (Å²) in [5.74, 6) is 0. The minimum absolute atomic E-state index is 0.343. The predicted octanol–water partition coefficient (Wildman–Crippen LogP) is 0.676. The standard InChI is InChI=1S/C7H17FN2Si/c1-3-5-6-10-7(8)9(4-2)11-10/h7H,3-6,11H2,1-2H3. The van der Waals surface area contributed by atoms with E-state index in [1.807, 2.05) is 16.1 Å². The fourth-order valence-electron chi connectivity index (χ4n) is 1.29. The minimum Gasteiger partial charge on any atom is -0.275 e. The first-order chi connectivity index (χ1) is 5.29. The SMILES string of the molecule is CCCCN1[SiH2]N(CC)C1F. The summed E-state index contributed by atoms with van der Waals surface area (Å²) in [6, 6.07) is 0. The van der Waals surface area contributed by atoms with E-state index in [-0.39, 0.29) is 9.84 Å². The first-order valence-corrected chi connectivity index (χ1v) is 5.68. The Morgan fingerprint density at radius 1 is 1.36 bits per heavy atom. The summed E-state index contributed by atoms with van der Waals surface area (Å²) in [6.45, 7) is 6.03. The topological polar surface area (TPSA) is 6.48 Å². The highest BCUT2D eigenvalue weighted by molar-refractivity contribution is 6.31. The molecule has 0 saturated carbocycles. The van der Waals surface area contributed by atoms with E-state index < -0.39 is 6.42 Å². The molecule has 0 aliphatic carbocycles. The molecule has 4 heteroatoms. The van der Waals surface area contributed by atoms with Gasteiger partial charge in [-0.2, -0.15) is 0 Å². The summed E-state index contributed by atoms with van der Waals surface area (Å²) in [7, 11) is -0.343. The summed E-state index contributed by atoms with van der Waals surface area (Å²) in [5, 5.41) is 0. The number of unbranched alkanes of at least 4 members (excludes halogenated alkanes) is 1. The molecule has 0 N–H and O–H groups in total. The second kappa shape index (κ2) is 4.18.